The van der Waals surface area contributed by atoms with Crippen molar-refractivity contribution in [2.45, 2.75) is 39.0 Å². The SMILES string of the molecule is C=CCCCCCN(C)C(=NCC1CCS(=O)(=O)C1)NCC. The molecule has 1 aliphatic rings. The molecule has 1 rings (SSSR count). The second-order valence-electron chi connectivity index (χ2n) is 6.02. The van der Waals surface area contributed by atoms with E-state index >= 15 is 0 Å². The minimum Gasteiger partial charge on any atom is -0.357 e. The highest BCUT2D eigenvalue weighted by Gasteiger charge is 2.27. The summed E-state index contributed by atoms with van der Waals surface area (Å²) in [6, 6.07) is 0. The fraction of sp³-hybridized carbons (Fsp3) is 0.812. The van der Waals surface area contributed by atoms with E-state index in [0.717, 1.165) is 38.3 Å². The van der Waals surface area contributed by atoms with E-state index in [1.807, 2.05) is 20.0 Å². The van der Waals surface area contributed by atoms with Crippen molar-refractivity contribution in [2.75, 3.05) is 38.2 Å². The zero-order valence-corrected chi connectivity index (χ0v) is 14.9. The predicted octanol–water partition coefficient (Wildman–Crippen LogP) is 2.06. The summed E-state index contributed by atoms with van der Waals surface area (Å²) in [5, 5.41) is 3.29. The molecular weight excluding hydrogens is 298 g/mol. The van der Waals surface area contributed by atoms with Gasteiger partial charge in [0.25, 0.3) is 0 Å². The number of nitrogens with one attached hydrogen (secondary N) is 1. The van der Waals surface area contributed by atoms with Crippen LogP contribution in [0.15, 0.2) is 17.6 Å². The molecule has 0 aromatic rings. The van der Waals surface area contributed by atoms with E-state index in [1.165, 1.54) is 12.8 Å². The standard InChI is InChI=1S/C16H31N3O2S/c1-4-6-7-8-9-11-19(3)16(17-5-2)18-13-15-10-12-22(20,21)14-15/h4,15H,1,5-14H2,2-3H3,(H,17,18). The molecule has 1 N–H and O–H groups in total. The molecule has 1 aliphatic heterocycles. The maximum atomic E-state index is 11.5. The third-order valence-corrected chi connectivity index (χ3v) is 5.76. The smallest absolute Gasteiger partial charge is 0.193 e. The maximum Gasteiger partial charge on any atom is 0.193 e. The quantitative estimate of drug-likeness (QED) is 0.304. The van der Waals surface area contributed by atoms with Gasteiger partial charge in [-0.3, -0.25) is 4.99 Å². The van der Waals surface area contributed by atoms with Gasteiger partial charge in [-0.1, -0.05) is 12.5 Å². The Bertz CT molecular complexity index is 460. The summed E-state index contributed by atoms with van der Waals surface area (Å²) >= 11 is 0. The molecule has 0 bridgehead atoms. The number of hydrogen-bond donors (Lipinski definition) is 1. The van der Waals surface area contributed by atoms with Crippen LogP contribution >= 0.6 is 0 Å². The number of allylic oxidation sites excluding steroid dienone is 1. The first-order valence-electron chi connectivity index (χ1n) is 8.29. The van der Waals surface area contributed by atoms with Crippen LogP contribution in [0.25, 0.3) is 0 Å². The minimum absolute atomic E-state index is 0.180. The normalized spacial score (nSPS) is 20.8. The highest BCUT2D eigenvalue weighted by Crippen LogP contribution is 2.18. The lowest BCUT2D eigenvalue weighted by Crippen LogP contribution is -2.39. The molecule has 0 aliphatic carbocycles. The molecule has 0 amide bonds. The molecule has 0 radical (unpaired) electrons. The number of guanidine groups is 1. The summed E-state index contributed by atoms with van der Waals surface area (Å²) in [4.78, 5) is 6.77. The first kappa shape index (κ1) is 19.0. The Morgan fingerprint density at radius 3 is 2.77 bits per heavy atom. The van der Waals surface area contributed by atoms with Gasteiger partial charge >= 0.3 is 0 Å². The Labute approximate surface area is 135 Å². The third kappa shape index (κ3) is 7.29. The fourth-order valence-corrected chi connectivity index (χ4v) is 4.47. The van der Waals surface area contributed by atoms with Gasteiger partial charge in [-0.05, 0) is 38.5 Å². The Kier molecular flexibility index (Phi) is 8.53. The summed E-state index contributed by atoms with van der Waals surface area (Å²) < 4.78 is 23.0. The molecule has 1 heterocycles. The van der Waals surface area contributed by atoms with Gasteiger partial charge in [0.05, 0.1) is 11.5 Å². The molecule has 1 fully saturated rings. The molecule has 1 unspecified atom stereocenters. The predicted molar refractivity (Wildman–Crippen MR) is 94.0 cm³/mol. The van der Waals surface area contributed by atoms with Gasteiger partial charge in [-0.2, -0.15) is 0 Å². The van der Waals surface area contributed by atoms with Crippen LogP contribution < -0.4 is 5.32 Å². The average molecular weight is 330 g/mol. The summed E-state index contributed by atoms with van der Waals surface area (Å²) in [5.41, 5.74) is 0. The van der Waals surface area contributed by atoms with Gasteiger partial charge in [-0.25, -0.2) is 8.42 Å². The second kappa shape index (κ2) is 9.87. The van der Waals surface area contributed by atoms with Crippen molar-refractivity contribution in [2.24, 2.45) is 10.9 Å². The molecule has 0 aromatic carbocycles. The van der Waals surface area contributed by atoms with E-state index in [0.29, 0.717) is 18.1 Å². The van der Waals surface area contributed by atoms with Crippen molar-refractivity contribution in [3.63, 3.8) is 0 Å². The molecule has 1 atom stereocenters. The fourth-order valence-electron chi connectivity index (χ4n) is 2.62. The summed E-state index contributed by atoms with van der Waals surface area (Å²) in [6.45, 7) is 8.17. The Hall–Kier alpha value is -1.04. The maximum absolute atomic E-state index is 11.5. The molecule has 0 saturated carbocycles. The number of hydrogen-bond acceptors (Lipinski definition) is 3. The van der Waals surface area contributed by atoms with Gasteiger partial charge in [0, 0.05) is 26.7 Å². The van der Waals surface area contributed by atoms with Crippen LogP contribution in [0.4, 0.5) is 0 Å². The lowest BCUT2D eigenvalue weighted by atomic mass is 10.1. The number of rotatable bonds is 9. The number of sulfone groups is 1. The van der Waals surface area contributed by atoms with Crippen LogP contribution in [-0.4, -0.2) is 57.5 Å². The zero-order chi connectivity index (χ0) is 16.4. The summed E-state index contributed by atoms with van der Waals surface area (Å²) in [6.07, 6.45) is 7.30. The lowest BCUT2D eigenvalue weighted by molar-refractivity contribution is 0.452. The molecule has 0 aromatic heterocycles. The van der Waals surface area contributed by atoms with Crippen molar-refractivity contribution in [1.29, 1.82) is 0 Å². The van der Waals surface area contributed by atoms with Crippen molar-refractivity contribution in [3.05, 3.63) is 12.7 Å². The molecule has 128 valence electrons. The topological polar surface area (TPSA) is 61.8 Å². The van der Waals surface area contributed by atoms with Gasteiger partial charge in [0.15, 0.2) is 15.8 Å². The van der Waals surface area contributed by atoms with E-state index < -0.39 is 9.84 Å². The number of nitrogens with zero attached hydrogens (tertiary/aromatic N) is 2. The molecule has 22 heavy (non-hydrogen) atoms. The average Bonchev–Trinajstić information content (AvgIpc) is 2.82. The largest absolute Gasteiger partial charge is 0.357 e. The zero-order valence-electron chi connectivity index (χ0n) is 14.1. The van der Waals surface area contributed by atoms with Crippen molar-refractivity contribution in [1.82, 2.24) is 10.2 Å². The molecule has 1 saturated heterocycles. The van der Waals surface area contributed by atoms with E-state index in [2.05, 4.69) is 21.8 Å². The Morgan fingerprint density at radius 2 is 2.18 bits per heavy atom. The molecular formula is C16H31N3O2S. The molecule has 0 spiro atoms. The Balaban J connectivity index is 2.41. The molecule has 5 nitrogen and oxygen atoms in total. The van der Waals surface area contributed by atoms with E-state index in [4.69, 9.17) is 0 Å². The first-order valence-corrected chi connectivity index (χ1v) is 10.1. The van der Waals surface area contributed by atoms with E-state index in [-0.39, 0.29) is 5.92 Å². The summed E-state index contributed by atoms with van der Waals surface area (Å²) in [7, 11) is -0.768. The van der Waals surface area contributed by atoms with Crippen molar-refractivity contribution in [3.8, 4) is 0 Å². The summed E-state index contributed by atoms with van der Waals surface area (Å²) in [5.74, 6) is 1.68. The second-order valence-corrected chi connectivity index (χ2v) is 8.25. The van der Waals surface area contributed by atoms with Crippen molar-refractivity contribution < 1.29 is 8.42 Å². The van der Waals surface area contributed by atoms with Gasteiger partial charge < -0.3 is 10.2 Å². The Morgan fingerprint density at radius 1 is 1.41 bits per heavy atom. The monoisotopic (exact) mass is 329 g/mol. The van der Waals surface area contributed by atoms with Crippen LogP contribution in [0, 0.1) is 5.92 Å². The lowest BCUT2D eigenvalue weighted by Gasteiger charge is -2.22. The van der Waals surface area contributed by atoms with Crippen LogP contribution in [0.2, 0.25) is 0 Å². The van der Waals surface area contributed by atoms with Crippen LogP contribution in [0.3, 0.4) is 0 Å². The number of aliphatic imine (C=N–C) groups is 1. The van der Waals surface area contributed by atoms with Crippen LogP contribution in [0.1, 0.15) is 39.0 Å². The first-order chi connectivity index (χ1) is 10.5. The molecule has 6 heteroatoms. The van der Waals surface area contributed by atoms with Crippen LogP contribution in [0.5, 0.6) is 0 Å². The third-order valence-electron chi connectivity index (χ3n) is 3.92. The van der Waals surface area contributed by atoms with Gasteiger partial charge in [-0.15, -0.1) is 6.58 Å². The van der Waals surface area contributed by atoms with E-state index in [1.54, 1.807) is 0 Å². The van der Waals surface area contributed by atoms with Gasteiger partial charge in [0.1, 0.15) is 0 Å². The number of unbranched alkanes of at least 4 members (excludes halogenated alkanes) is 3. The van der Waals surface area contributed by atoms with Crippen molar-refractivity contribution >= 4 is 15.8 Å². The van der Waals surface area contributed by atoms with E-state index in [9.17, 15) is 8.42 Å². The van der Waals surface area contributed by atoms with Gasteiger partial charge in [0.2, 0.25) is 0 Å². The minimum atomic E-state index is -2.81. The van der Waals surface area contributed by atoms with Crippen LogP contribution in [-0.2, 0) is 9.84 Å². The highest BCUT2D eigenvalue weighted by molar-refractivity contribution is 7.91. The highest BCUT2D eigenvalue weighted by atomic mass is 32.2.